The number of rotatable bonds is 7. The summed E-state index contributed by atoms with van der Waals surface area (Å²) < 4.78 is 11.4. The quantitative estimate of drug-likeness (QED) is 0.444. The predicted molar refractivity (Wildman–Crippen MR) is 121 cm³/mol. The van der Waals surface area contributed by atoms with E-state index in [0.29, 0.717) is 32.0 Å². The highest BCUT2D eigenvalue weighted by molar-refractivity contribution is 8.26. The third kappa shape index (κ3) is 5.26. The number of nitrogens with zero attached hydrogens (tertiary/aromatic N) is 1. The van der Waals surface area contributed by atoms with Gasteiger partial charge in [0.05, 0.1) is 12.0 Å². The van der Waals surface area contributed by atoms with Gasteiger partial charge in [0.1, 0.15) is 17.5 Å². The molecule has 2 aromatic carbocycles. The number of ether oxygens (including phenoxy) is 2. The maximum absolute atomic E-state index is 12.4. The monoisotopic (exact) mass is 483 g/mol. The molecule has 10 heteroatoms. The van der Waals surface area contributed by atoms with Crippen LogP contribution in [0.1, 0.15) is 11.1 Å². The Balaban J connectivity index is 1.82. The number of thiocarbonyl (C=S) groups is 1. The van der Waals surface area contributed by atoms with Gasteiger partial charge >= 0.3 is 5.97 Å². The van der Waals surface area contributed by atoms with E-state index in [-0.39, 0.29) is 10.9 Å². The number of hydrogen-bond donors (Lipinski definition) is 1. The Labute approximate surface area is 192 Å². The van der Waals surface area contributed by atoms with Crippen molar-refractivity contribution in [2.75, 3.05) is 13.7 Å². The van der Waals surface area contributed by atoms with Gasteiger partial charge in [-0.15, -0.1) is 0 Å². The molecular formula is C20H15Cl2NO5S2. The Morgan fingerprint density at radius 2 is 2.00 bits per heavy atom. The number of methoxy groups -OCH3 is 1. The summed E-state index contributed by atoms with van der Waals surface area (Å²) in [6, 6.07) is 10.3. The second kappa shape index (κ2) is 9.70. The summed E-state index contributed by atoms with van der Waals surface area (Å²) in [5.41, 5.74) is 1.42. The smallest absolute Gasteiger partial charge is 0.323 e. The molecule has 2 aromatic rings. The predicted octanol–water partition coefficient (Wildman–Crippen LogP) is 4.87. The third-order valence-electron chi connectivity index (χ3n) is 4.05. The molecule has 30 heavy (non-hydrogen) atoms. The van der Waals surface area contributed by atoms with Crippen LogP contribution in [0, 0.1) is 0 Å². The largest absolute Gasteiger partial charge is 0.493 e. The van der Waals surface area contributed by atoms with Gasteiger partial charge in [-0.2, -0.15) is 0 Å². The lowest BCUT2D eigenvalue weighted by molar-refractivity contribution is -0.140. The van der Waals surface area contributed by atoms with Crippen molar-refractivity contribution in [2.24, 2.45) is 0 Å². The molecule has 0 unspecified atom stereocenters. The van der Waals surface area contributed by atoms with E-state index >= 15 is 0 Å². The Morgan fingerprint density at radius 1 is 1.23 bits per heavy atom. The normalized spacial score (nSPS) is 15.0. The van der Waals surface area contributed by atoms with Crippen molar-refractivity contribution >= 4 is 69.5 Å². The highest BCUT2D eigenvalue weighted by Gasteiger charge is 2.33. The molecule has 0 atom stereocenters. The summed E-state index contributed by atoms with van der Waals surface area (Å²) in [7, 11) is 1.52. The first-order valence-corrected chi connectivity index (χ1v) is 10.5. The number of carbonyl (C=O) groups excluding carboxylic acids is 1. The van der Waals surface area contributed by atoms with Crippen LogP contribution in [0.3, 0.4) is 0 Å². The minimum Gasteiger partial charge on any atom is -0.493 e. The number of carboxylic acid groups (broad SMARTS) is 1. The number of benzene rings is 2. The molecule has 1 fully saturated rings. The van der Waals surface area contributed by atoms with Gasteiger partial charge in [0.25, 0.3) is 5.91 Å². The molecule has 1 saturated heterocycles. The Hall–Kier alpha value is -2.26. The van der Waals surface area contributed by atoms with Gasteiger partial charge in [-0.3, -0.25) is 14.5 Å². The topological polar surface area (TPSA) is 76.1 Å². The number of thioether (sulfide) groups is 1. The van der Waals surface area contributed by atoms with E-state index in [2.05, 4.69) is 0 Å². The standard InChI is InChI=1S/C20H15Cl2NO5S2/c1-27-15-5-2-11(7-17-19(26)23(9-18(24)25)20(29)30-17)6-16(15)28-10-12-3-4-13(21)8-14(12)22/h2-8H,9-10H2,1H3,(H,24,25)/b17-7-. The first-order chi connectivity index (χ1) is 14.3. The average Bonchev–Trinajstić information content (AvgIpc) is 2.94. The molecule has 1 amide bonds. The fourth-order valence-corrected chi connectivity index (χ4v) is 4.33. The number of carbonyl (C=O) groups is 2. The zero-order chi connectivity index (χ0) is 21.8. The molecule has 0 aliphatic carbocycles. The molecule has 0 spiro atoms. The zero-order valence-corrected chi connectivity index (χ0v) is 18.7. The second-order valence-corrected chi connectivity index (χ2v) is 8.62. The van der Waals surface area contributed by atoms with Crippen LogP contribution in [0.15, 0.2) is 41.3 Å². The summed E-state index contributed by atoms with van der Waals surface area (Å²) in [4.78, 5) is 24.8. The first kappa shape index (κ1) is 22.4. The molecule has 6 nitrogen and oxygen atoms in total. The summed E-state index contributed by atoms with van der Waals surface area (Å²) in [5.74, 6) is -0.610. The van der Waals surface area contributed by atoms with Gasteiger partial charge in [0, 0.05) is 15.6 Å². The molecule has 1 aliphatic rings. The minimum atomic E-state index is -1.13. The first-order valence-electron chi connectivity index (χ1n) is 8.50. The van der Waals surface area contributed by atoms with Gasteiger partial charge in [0.2, 0.25) is 0 Å². The third-order valence-corrected chi connectivity index (χ3v) is 6.02. The number of carboxylic acids is 1. The molecule has 3 rings (SSSR count). The van der Waals surface area contributed by atoms with Crippen molar-refractivity contribution in [1.29, 1.82) is 0 Å². The van der Waals surface area contributed by atoms with Crippen LogP contribution >= 0.6 is 47.2 Å². The van der Waals surface area contributed by atoms with Gasteiger partial charge in [-0.05, 0) is 35.9 Å². The second-order valence-electron chi connectivity index (χ2n) is 6.10. The molecule has 1 aliphatic heterocycles. The molecule has 0 radical (unpaired) electrons. The van der Waals surface area contributed by atoms with Crippen LogP contribution < -0.4 is 9.47 Å². The van der Waals surface area contributed by atoms with Gasteiger partial charge in [-0.25, -0.2) is 0 Å². The summed E-state index contributed by atoms with van der Waals surface area (Å²) in [6.07, 6.45) is 1.63. The van der Waals surface area contributed by atoms with Gasteiger partial charge in [-0.1, -0.05) is 59.3 Å². The van der Waals surface area contributed by atoms with Gasteiger partial charge < -0.3 is 14.6 Å². The fraction of sp³-hybridized carbons (Fsp3) is 0.150. The molecule has 0 saturated carbocycles. The van der Waals surface area contributed by atoms with E-state index in [1.807, 2.05) is 0 Å². The minimum absolute atomic E-state index is 0.191. The van der Waals surface area contributed by atoms with E-state index in [9.17, 15) is 9.59 Å². The van der Waals surface area contributed by atoms with Crippen molar-refractivity contribution in [3.8, 4) is 11.5 Å². The van der Waals surface area contributed by atoms with E-state index in [1.54, 1.807) is 42.5 Å². The van der Waals surface area contributed by atoms with E-state index in [4.69, 9.17) is 50.0 Å². The zero-order valence-electron chi connectivity index (χ0n) is 15.6. The lowest BCUT2D eigenvalue weighted by Gasteiger charge is -2.13. The van der Waals surface area contributed by atoms with Crippen LogP contribution in [-0.4, -0.2) is 39.9 Å². The van der Waals surface area contributed by atoms with E-state index in [1.165, 1.54) is 7.11 Å². The Kier molecular flexibility index (Phi) is 7.25. The summed E-state index contributed by atoms with van der Waals surface area (Å²) in [6.45, 7) is -0.280. The number of hydrogen-bond acceptors (Lipinski definition) is 6. The molecular weight excluding hydrogens is 469 g/mol. The van der Waals surface area contributed by atoms with E-state index < -0.39 is 18.4 Å². The maximum atomic E-state index is 12.4. The molecule has 0 aromatic heterocycles. The van der Waals surface area contributed by atoms with Crippen LogP contribution in [0.4, 0.5) is 0 Å². The highest BCUT2D eigenvalue weighted by atomic mass is 35.5. The van der Waals surface area contributed by atoms with Crippen molar-refractivity contribution in [1.82, 2.24) is 4.90 Å². The SMILES string of the molecule is COc1ccc(/C=C2\SC(=S)N(CC(=O)O)C2=O)cc1OCc1ccc(Cl)cc1Cl. The van der Waals surface area contributed by atoms with E-state index in [0.717, 1.165) is 22.2 Å². The fourth-order valence-electron chi connectivity index (χ4n) is 2.61. The number of amides is 1. The van der Waals surface area contributed by atoms with Crippen molar-refractivity contribution in [2.45, 2.75) is 6.61 Å². The van der Waals surface area contributed by atoms with Crippen LogP contribution in [0.2, 0.25) is 10.0 Å². The van der Waals surface area contributed by atoms with Crippen molar-refractivity contribution < 1.29 is 24.2 Å². The molecule has 0 bridgehead atoms. The van der Waals surface area contributed by atoms with Crippen molar-refractivity contribution in [3.05, 3.63) is 62.5 Å². The molecule has 1 heterocycles. The van der Waals surface area contributed by atoms with Crippen LogP contribution in [0.25, 0.3) is 6.08 Å². The highest BCUT2D eigenvalue weighted by Crippen LogP contribution is 2.35. The van der Waals surface area contributed by atoms with Gasteiger partial charge in [0.15, 0.2) is 11.5 Å². The van der Waals surface area contributed by atoms with Crippen molar-refractivity contribution in [3.63, 3.8) is 0 Å². The summed E-state index contributed by atoms with van der Waals surface area (Å²) in [5, 5.41) is 9.95. The number of aliphatic carboxylic acids is 1. The Bertz CT molecular complexity index is 1060. The summed E-state index contributed by atoms with van der Waals surface area (Å²) >= 11 is 18.3. The van der Waals surface area contributed by atoms with Crippen LogP contribution in [0.5, 0.6) is 11.5 Å². The molecule has 1 N–H and O–H groups in total. The Morgan fingerprint density at radius 3 is 2.67 bits per heavy atom. The molecule has 156 valence electrons. The lowest BCUT2D eigenvalue weighted by atomic mass is 10.1. The maximum Gasteiger partial charge on any atom is 0.323 e. The average molecular weight is 484 g/mol. The number of halogens is 2. The lowest BCUT2D eigenvalue weighted by Crippen LogP contribution is -2.33. The van der Waals surface area contributed by atoms with Crippen LogP contribution in [-0.2, 0) is 16.2 Å².